The van der Waals surface area contributed by atoms with E-state index in [4.69, 9.17) is 4.74 Å². The van der Waals surface area contributed by atoms with E-state index in [1.807, 2.05) is 25.7 Å². The highest BCUT2D eigenvalue weighted by Crippen LogP contribution is 2.29. The highest BCUT2D eigenvalue weighted by molar-refractivity contribution is 5.74. The first-order valence-electron chi connectivity index (χ1n) is 7.72. The molecule has 1 unspecified atom stereocenters. The summed E-state index contributed by atoms with van der Waals surface area (Å²) in [6, 6.07) is 4.94. The molecule has 23 heavy (non-hydrogen) atoms. The summed E-state index contributed by atoms with van der Waals surface area (Å²) in [5.74, 6) is -1.25. The lowest BCUT2D eigenvalue weighted by atomic mass is 9.85. The predicted molar refractivity (Wildman–Crippen MR) is 83.6 cm³/mol. The van der Waals surface area contributed by atoms with E-state index in [0.717, 1.165) is 0 Å². The number of nitrogens with zero attached hydrogens (tertiary/aromatic N) is 1. The number of morpholine rings is 1. The molecule has 0 radical (unpaired) electrons. The molecule has 5 nitrogen and oxygen atoms in total. The molecule has 1 saturated heterocycles. The van der Waals surface area contributed by atoms with Crippen LogP contribution >= 0.6 is 0 Å². The van der Waals surface area contributed by atoms with E-state index >= 15 is 0 Å². The van der Waals surface area contributed by atoms with Gasteiger partial charge in [0.1, 0.15) is 24.1 Å². The zero-order valence-electron chi connectivity index (χ0n) is 13.7. The summed E-state index contributed by atoms with van der Waals surface area (Å²) >= 11 is 0. The highest BCUT2D eigenvalue weighted by atomic mass is 19.1. The summed E-state index contributed by atoms with van der Waals surface area (Å²) in [6.45, 7) is 6.81. The molecule has 1 aromatic carbocycles. The zero-order valence-corrected chi connectivity index (χ0v) is 13.7. The highest BCUT2D eigenvalue weighted by Gasteiger charge is 2.40. The lowest BCUT2D eigenvalue weighted by Crippen LogP contribution is -2.56. The van der Waals surface area contributed by atoms with Gasteiger partial charge in [0.2, 0.25) is 0 Å². The van der Waals surface area contributed by atoms with Crippen LogP contribution in [-0.4, -0.2) is 52.9 Å². The van der Waals surface area contributed by atoms with Gasteiger partial charge in [-0.2, -0.15) is 0 Å². The summed E-state index contributed by atoms with van der Waals surface area (Å²) in [7, 11) is 0. The normalized spacial score (nSPS) is 22.6. The topological polar surface area (TPSA) is 70.0 Å². The fourth-order valence-electron chi connectivity index (χ4n) is 3.07. The van der Waals surface area contributed by atoms with Crippen molar-refractivity contribution >= 4 is 5.97 Å². The summed E-state index contributed by atoms with van der Waals surface area (Å²) in [4.78, 5) is 13.5. The Balaban J connectivity index is 2.13. The van der Waals surface area contributed by atoms with Crippen LogP contribution in [0, 0.1) is 11.2 Å². The molecule has 6 heteroatoms. The van der Waals surface area contributed by atoms with Crippen LogP contribution in [0.2, 0.25) is 0 Å². The van der Waals surface area contributed by atoms with Crippen LogP contribution in [0.3, 0.4) is 0 Å². The van der Waals surface area contributed by atoms with Gasteiger partial charge in [-0.3, -0.25) is 9.69 Å². The van der Waals surface area contributed by atoms with Crippen LogP contribution in [-0.2, 0) is 9.53 Å². The molecule has 1 fully saturated rings. The Kier molecular flexibility index (Phi) is 5.39. The van der Waals surface area contributed by atoms with Gasteiger partial charge in [-0.25, -0.2) is 4.39 Å². The third kappa shape index (κ3) is 4.28. The maximum Gasteiger partial charge on any atom is 0.321 e. The molecule has 1 aromatic rings. The number of rotatable bonds is 4. The smallest absolute Gasteiger partial charge is 0.321 e. The Morgan fingerprint density at radius 2 is 1.96 bits per heavy atom. The van der Waals surface area contributed by atoms with Gasteiger partial charge in [-0.05, 0) is 23.1 Å². The molecule has 3 atom stereocenters. The molecule has 1 heterocycles. The summed E-state index contributed by atoms with van der Waals surface area (Å²) < 4.78 is 18.6. The van der Waals surface area contributed by atoms with Crippen molar-refractivity contribution in [2.75, 3.05) is 19.7 Å². The van der Waals surface area contributed by atoms with Crippen molar-refractivity contribution in [1.82, 2.24) is 4.90 Å². The SMILES string of the molecule is CC(C)(C)C(C(=O)O)N1CCO[C@@H]([C@H](O)c2ccc(F)cc2)C1. The third-order valence-electron chi connectivity index (χ3n) is 4.11. The second kappa shape index (κ2) is 6.95. The van der Waals surface area contributed by atoms with E-state index in [1.165, 1.54) is 24.3 Å². The van der Waals surface area contributed by atoms with Gasteiger partial charge in [-0.1, -0.05) is 32.9 Å². The van der Waals surface area contributed by atoms with Crippen molar-refractivity contribution in [3.05, 3.63) is 35.6 Å². The van der Waals surface area contributed by atoms with Crippen LogP contribution in [0.25, 0.3) is 0 Å². The predicted octanol–water partition coefficient (Wildman–Crippen LogP) is 2.06. The van der Waals surface area contributed by atoms with Gasteiger partial charge < -0.3 is 14.9 Å². The van der Waals surface area contributed by atoms with Crippen LogP contribution in [0.5, 0.6) is 0 Å². The number of carboxylic acid groups (broad SMARTS) is 1. The summed E-state index contributed by atoms with van der Waals surface area (Å²) in [5.41, 5.74) is 0.120. The van der Waals surface area contributed by atoms with Gasteiger partial charge in [0.05, 0.1) is 6.61 Å². The number of hydrogen-bond acceptors (Lipinski definition) is 4. The quantitative estimate of drug-likeness (QED) is 0.887. The minimum absolute atomic E-state index is 0.312. The number of aliphatic carboxylic acids is 1. The minimum atomic E-state index is -0.923. The number of carboxylic acids is 1. The van der Waals surface area contributed by atoms with Crippen molar-refractivity contribution in [2.24, 2.45) is 5.41 Å². The summed E-state index contributed by atoms with van der Waals surface area (Å²) in [5, 5.41) is 20.0. The molecule has 128 valence electrons. The Labute approximate surface area is 135 Å². The molecule has 0 aliphatic carbocycles. The maximum absolute atomic E-state index is 13.0. The van der Waals surface area contributed by atoms with Crippen molar-refractivity contribution < 1.29 is 24.1 Å². The number of halogens is 1. The maximum atomic E-state index is 13.0. The fraction of sp³-hybridized carbons (Fsp3) is 0.588. The summed E-state index contributed by atoms with van der Waals surface area (Å²) in [6.07, 6.45) is -1.47. The number of ether oxygens (including phenoxy) is 1. The second-order valence-corrected chi connectivity index (χ2v) is 7.01. The number of hydrogen-bond donors (Lipinski definition) is 2. The van der Waals surface area contributed by atoms with Gasteiger partial charge in [0.25, 0.3) is 0 Å². The van der Waals surface area contributed by atoms with Crippen molar-refractivity contribution in [1.29, 1.82) is 0 Å². The van der Waals surface area contributed by atoms with Gasteiger partial charge >= 0.3 is 5.97 Å². The van der Waals surface area contributed by atoms with E-state index in [9.17, 15) is 19.4 Å². The fourth-order valence-corrected chi connectivity index (χ4v) is 3.07. The van der Waals surface area contributed by atoms with Crippen LogP contribution in [0.15, 0.2) is 24.3 Å². The van der Waals surface area contributed by atoms with Gasteiger partial charge in [0.15, 0.2) is 0 Å². The number of aliphatic hydroxyl groups excluding tert-OH is 1. The Morgan fingerprint density at radius 3 is 2.48 bits per heavy atom. The molecule has 0 saturated carbocycles. The first kappa shape index (κ1) is 17.8. The molecule has 0 amide bonds. The van der Waals surface area contributed by atoms with E-state index in [1.54, 1.807) is 0 Å². The van der Waals surface area contributed by atoms with Crippen LogP contribution < -0.4 is 0 Å². The lowest BCUT2D eigenvalue weighted by molar-refractivity contribution is -0.156. The minimum Gasteiger partial charge on any atom is -0.480 e. The average Bonchev–Trinajstić information content (AvgIpc) is 2.46. The Bertz CT molecular complexity index is 541. The van der Waals surface area contributed by atoms with Gasteiger partial charge in [0, 0.05) is 13.1 Å². The first-order valence-corrected chi connectivity index (χ1v) is 7.72. The molecule has 1 aliphatic rings. The molecule has 0 spiro atoms. The van der Waals surface area contributed by atoms with E-state index in [0.29, 0.717) is 25.3 Å². The molecule has 0 bridgehead atoms. The number of carbonyl (C=O) groups is 1. The van der Waals surface area contributed by atoms with E-state index in [2.05, 4.69) is 0 Å². The lowest BCUT2D eigenvalue weighted by Gasteiger charge is -2.42. The van der Waals surface area contributed by atoms with E-state index < -0.39 is 29.6 Å². The molecule has 2 N–H and O–H groups in total. The van der Waals surface area contributed by atoms with E-state index in [-0.39, 0.29) is 5.82 Å². The van der Waals surface area contributed by atoms with Crippen molar-refractivity contribution in [3.8, 4) is 0 Å². The van der Waals surface area contributed by atoms with Crippen LogP contribution in [0.1, 0.15) is 32.4 Å². The molecular formula is C17H24FNO4. The number of benzene rings is 1. The Hall–Kier alpha value is -1.50. The molecule has 1 aliphatic heterocycles. The largest absolute Gasteiger partial charge is 0.480 e. The standard InChI is InChI=1S/C17H24FNO4/c1-17(2,3)15(16(21)22)19-8-9-23-13(10-19)14(20)11-4-6-12(18)7-5-11/h4-7,13-15,20H,8-10H2,1-3H3,(H,21,22)/t13-,14-,15?/m1/s1. The third-order valence-corrected chi connectivity index (χ3v) is 4.11. The zero-order chi connectivity index (χ0) is 17.2. The molecule has 0 aromatic heterocycles. The van der Waals surface area contributed by atoms with Crippen molar-refractivity contribution in [2.45, 2.75) is 39.0 Å². The first-order chi connectivity index (χ1) is 10.7. The van der Waals surface area contributed by atoms with Gasteiger partial charge in [-0.15, -0.1) is 0 Å². The molecular weight excluding hydrogens is 301 g/mol. The Morgan fingerprint density at radius 1 is 1.35 bits per heavy atom. The average molecular weight is 325 g/mol. The van der Waals surface area contributed by atoms with Crippen LogP contribution in [0.4, 0.5) is 4.39 Å². The number of aliphatic hydroxyl groups is 1. The van der Waals surface area contributed by atoms with Crippen molar-refractivity contribution in [3.63, 3.8) is 0 Å². The monoisotopic (exact) mass is 325 g/mol. The molecule has 2 rings (SSSR count). The second-order valence-electron chi connectivity index (χ2n) is 7.01.